The van der Waals surface area contributed by atoms with Crippen LogP contribution in [0, 0.1) is 11.2 Å². The number of anilines is 2. The number of hydrogen-bond acceptors (Lipinski definition) is 6. The fourth-order valence-electron chi connectivity index (χ4n) is 5.24. The Labute approximate surface area is 237 Å². The summed E-state index contributed by atoms with van der Waals surface area (Å²) in [7, 11) is 1.59. The Balaban J connectivity index is 1.31. The predicted molar refractivity (Wildman–Crippen MR) is 150 cm³/mol. The number of amides is 1. The third kappa shape index (κ3) is 5.78. The number of rotatable bonds is 8. The van der Waals surface area contributed by atoms with E-state index in [-0.39, 0.29) is 37.8 Å². The van der Waals surface area contributed by atoms with E-state index in [0.29, 0.717) is 65.3 Å². The van der Waals surface area contributed by atoms with Gasteiger partial charge in [0.1, 0.15) is 23.1 Å². The predicted octanol–water partition coefficient (Wildman–Crippen LogP) is 5.67. The van der Waals surface area contributed by atoms with Crippen LogP contribution in [0.25, 0.3) is 0 Å². The molecule has 39 heavy (non-hydrogen) atoms. The van der Waals surface area contributed by atoms with Crippen molar-refractivity contribution in [1.29, 1.82) is 0 Å². The number of carbonyl (C=O) groups is 1. The summed E-state index contributed by atoms with van der Waals surface area (Å²) in [5, 5.41) is 11.3. The first kappa shape index (κ1) is 27.5. The van der Waals surface area contributed by atoms with Crippen molar-refractivity contribution in [3.8, 4) is 11.5 Å². The van der Waals surface area contributed by atoms with Gasteiger partial charge in [0.2, 0.25) is 5.91 Å². The van der Waals surface area contributed by atoms with E-state index in [4.69, 9.17) is 32.7 Å². The molecule has 0 aliphatic carbocycles. The number of aromatic nitrogens is 1. The van der Waals surface area contributed by atoms with Gasteiger partial charge in [-0.05, 0) is 55.2 Å². The Bertz CT molecular complexity index is 1350. The fraction of sp³-hybridized carbons (Fsp3) is 0.379. The highest BCUT2D eigenvalue weighted by Crippen LogP contribution is 2.40. The number of benzene rings is 2. The smallest absolute Gasteiger partial charge is 0.227 e. The number of piperidine rings is 1. The Morgan fingerprint density at radius 1 is 1.10 bits per heavy atom. The molecule has 3 heterocycles. The largest absolute Gasteiger partial charge is 0.497 e. The normalized spacial score (nSPS) is 16.7. The molecule has 0 unspecified atom stereocenters. The number of pyridine rings is 1. The average Bonchev–Trinajstić information content (AvgIpc) is 2.95. The third-order valence-electron chi connectivity index (χ3n) is 7.63. The summed E-state index contributed by atoms with van der Waals surface area (Å²) in [6, 6.07) is 12.0. The first-order valence-electron chi connectivity index (χ1n) is 12.9. The van der Waals surface area contributed by atoms with Crippen molar-refractivity contribution in [1.82, 2.24) is 4.98 Å². The van der Waals surface area contributed by atoms with Crippen LogP contribution >= 0.6 is 23.2 Å². The van der Waals surface area contributed by atoms with E-state index < -0.39 is 11.2 Å². The van der Waals surface area contributed by atoms with Gasteiger partial charge in [-0.15, -0.1) is 0 Å². The highest BCUT2D eigenvalue weighted by atomic mass is 35.5. The number of aliphatic hydroxyl groups excluding tert-OH is 1. The van der Waals surface area contributed by atoms with Gasteiger partial charge in [0.25, 0.3) is 0 Å². The molecule has 1 fully saturated rings. The highest BCUT2D eigenvalue weighted by molar-refractivity contribution is 6.36. The van der Waals surface area contributed by atoms with E-state index >= 15 is 4.39 Å². The van der Waals surface area contributed by atoms with Gasteiger partial charge in [-0.2, -0.15) is 0 Å². The van der Waals surface area contributed by atoms with Crippen LogP contribution in [0.15, 0.2) is 48.7 Å². The van der Waals surface area contributed by atoms with Gasteiger partial charge < -0.3 is 24.4 Å². The summed E-state index contributed by atoms with van der Waals surface area (Å²) in [6.45, 7) is 1.75. The molecule has 1 N–H and O–H groups in total. The third-order valence-corrected chi connectivity index (χ3v) is 8.12. The van der Waals surface area contributed by atoms with Crippen LogP contribution in [0.4, 0.5) is 15.9 Å². The second kappa shape index (κ2) is 11.6. The van der Waals surface area contributed by atoms with Crippen LogP contribution in [0.1, 0.15) is 30.4 Å². The Morgan fingerprint density at radius 3 is 2.51 bits per heavy atom. The topological polar surface area (TPSA) is 75.1 Å². The SMILES string of the molecule is COc1ccc(CN2C(=O)CCc3c(OCC4(CO)CCN(c5ncc(Cl)cc5Cl)CC4)ccc(F)c32)cc1. The van der Waals surface area contributed by atoms with E-state index in [9.17, 15) is 9.90 Å². The molecule has 206 valence electrons. The number of halogens is 3. The van der Waals surface area contributed by atoms with Crippen molar-refractivity contribution in [3.05, 3.63) is 75.7 Å². The first-order valence-corrected chi connectivity index (χ1v) is 13.6. The summed E-state index contributed by atoms with van der Waals surface area (Å²) >= 11 is 12.3. The maximum atomic E-state index is 15.2. The van der Waals surface area contributed by atoms with Crippen LogP contribution in [0.5, 0.6) is 11.5 Å². The molecule has 0 radical (unpaired) electrons. The minimum Gasteiger partial charge on any atom is -0.497 e. The standard InChI is InChI=1S/C29H30Cl2FN3O4/c1-38-21-4-2-19(3-5-21)16-35-26(37)9-6-22-25(8-7-24(32)27(22)35)39-18-29(17-36)10-12-34(13-11-29)28-23(31)14-20(30)15-33-28/h2-5,7-8,14-15,36H,6,9-13,16-18H2,1H3. The van der Waals surface area contributed by atoms with Gasteiger partial charge in [-0.3, -0.25) is 4.79 Å². The highest BCUT2D eigenvalue weighted by Gasteiger charge is 2.37. The number of aliphatic hydroxyl groups is 1. The van der Waals surface area contributed by atoms with Crippen molar-refractivity contribution in [2.75, 3.05) is 43.2 Å². The molecular formula is C29H30Cl2FN3O4. The molecule has 2 aromatic carbocycles. The number of hydrogen-bond donors (Lipinski definition) is 1. The zero-order valence-electron chi connectivity index (χ0n) is 21.6. The molecule has 2 aliphatic rings. The fourth-order valence-corrected chi connectivity index (χ4v) is 5.74. The molecule has 2 aliphatic heterocycles. The molecule has 0 saturated carbocycles. The second-order valence-electron chi connectivity index (χ2n) is 10.1. The van der Waals surface area contributed by atoms with Crippen LogP contribution in [0.3, 0.4) is 0 Å². The lowest BCUT2D eigenvalue weighted by molar-refractivity contribution is -0.119. The van der Waals surface area contributed by atoms with Gasteiger partial charge in [0, 0.05) is 36.7 Å². The molecule has 1 saturated heterocycles. The van der Waals surface area contributed by atoms with Crippen molar-refractivity contribution in [3.63, 3.8) is 0 Å². The number of nitrogens with zero attached hydrogens (tertiary/aromatic N) is 3. The van der Waals surface area contributed by atoms with E-state index in [1.54, 1.807) is 25.4 Å². The Kier molecular flexibility index (Phi) is 8.16. The lowest BCUT2D eigenvalue weighted by atomic mass is 9.80. The van der Waals surface area contributed by atoms with Gasteiger partial charge >= 0.3 is 0 Å². The summed E-state index contributed by atoms with van der Waals surface area (Å²) in [5.41, 5.74) is 1.33. The molecule has 5 rings (SSSR count). The minimum atomic E-state index is -0.468. The molecule has 10 heteroatoms. The lowest BCUT2D eigenvalue weighted by Crippen LogP contribution is -2.45. The van der Waals surface area contributed by atoms with Crippen molar-refractivity contribution in [2.24, 2.45) is 5.41 Å². The Morgan fingerprint density at radius 2 is 1.85 bits per heavy atom. The Hall–Kier alpha value is -3.07. The van der Waals surface area contributed by atoms with E-state index in [1.807, 2.05) is 24.3 Å². The number of methoxy groups -OCH3 is 1. The molecule has 3 aromatic rings. The zero-order valence-corrected chi connectivity index (χ0v) is 23.1. The van der Waals surface area contributed by atoms with Crippen LogP contribution < -0.4 is 19.3 Å². The summed E-state index contributed by atoms with van der Waals surface area (Å²) < 4.78 is 26.6. The number of carbonyl (C=O) groups excluding carboxylic acids is 1. The molecular weight excluding hydrogens is 544 g/mol. The maximum absolute atomic E-state index is 15.2. The molecule has 1 aromatic heterocycles. The lowest BCUT2D eigenvalue weighted by Gasteiger charge is -2.41. The maximum Gasteiger partial charge on any atom is 0.227 e. The molecule has 7 nitrogen and oxygen atoms in total. The van der Waals surface area contributed by atoms with Gasteiger partial charge in [0.15, 0.2) is 0 Å². The van der Waals surface area contributed by atoms with Crippen LogP contribution in [-0.2, 0) is 17.8 Å². The number of fused-ring (bicyclic) bond motifs is 1. The number of ether oxygens (including phenoxy) is 2. The molecule has 0 bridgehead atoms. The monoisotopic (exact) mass is 573 g/mol. The van der Waals surface area contributed by atoms with Gasteiger partial charge in [-0.1, -0.05) is 35.3 Å². The zero-order chi connectivity index (χ0) is 27.6. The second-order valence-corrected chi connectivity index (χ2v) is 10.9. The minimum absolute atomic E-state index is 0.0475. The van der Waals surface area contributed by atoms with Crippen molar-refractivity contribution in [2.45, 2.75) is 32.2 Å². The molecule has 0 atom stereocenters. The van der Waals surface area contributed by atoms with Gasteiger partial charge in [-0.25, -0.2) is 9.37 Å². The summed E-state index contributed by atoms with van der Waals surface area (Å²) in [6.07, 6.45) is 3.55. The van der Waals surface area contributed by atoms with E-state index in [2.05, 4.69) is 9.88 Å². The molecule has 0 spiro atoms. The summed E-state index contributed by atoms with van der Waals surface area (Å²) in [5.74, 6) is 1.32. The first-order chi connectivity index (χ1) is 18.8. The van der Waals surface area contributed by atoms with Crippen molar-refractivity contribution >= 4 is 40.6 Å². The molecule has 1 amide bonds. The van der Waals surface area contributed by atoms with Crippen molar-refractivity contribution < 1.29 is 23.8 Å². The van der Waals surface area contributed by atoms with E-state index in [1.165, 1.54) is 11.0 Å². The average molecular weight is 574 g/mol. The van der Waals surface area contributed by atoms with Crippen LogP contribution in [0.2, 0.25) is 10.0 Å². The summed E-state index contributed by atoms with van der Waals surface area (Å²) in [4.78, 5) is 20.8. The van der Waals surface area contributed by atoms with E-state index in [0.717, 1.165) is 5.56 Å². The van der Waals surface area contributed by atoms with Gasteiger partial charge in [0.05, 0.1) is 42.6 Å². The quantitative estimate of drug-likeness (QED) is 0.374. The van der Waals surface area contributed by atoms with Crippen LogP contribution in [-0.4, -0.2) is 49.4 Å².